The molecule has 0 aliphatic heterocycles. The molecule has 5 nitrogen and oxygen atoms in total. The lowest BCUT2D eigenvalue weighted by atomic mass is 10.2. The van der Waals surface area contributed by atoms with E-state index in [1.807, 2.05) is 0 Å². The lowest BCUT2D eigenvalue weighted by Crippen LogP contribution is -2.23. The third-order valence-electron chi connectivity index (χ3n) is 3.12. The number of ether oxygens (including phenoxy) is 1. The van der Waals surface area contributed by atoms with Crippen LogP contribution in [0, 0.1) is 6.92 Å². The summed E-state index contributed by atoms with van der Waals surface area (Å²) in [5.74, 6) is 0.660. The molecule has 0 aliphatic rings. The zero-order valence-electron chi connectivity index (χ0n) is 12.0. The summed E-state index contributed by atoms with van der Waals surface area (Å²) in [6.07, 6.45) is 0. The van der Waals surface area contributed by atoms with Gasteiger partial charge in [0.15, 0.2) is 0 Å². The van der Waals surface area contributed by atoms with Gasteiger partial charge in [-0.2, -0.15) is 0 Å². The highest BCUT2D eigenvalue weighted by Gasteiger charge is 2.15. The maximum Gasteiger partial charge on any atom is 0.240 e. The summed E-state index contributed by atoms with van der Waals surface area (Å²) in [4.78, 5) is 0.219. The van der Waals surface area contributed by atoms with Crippen molar-refractivity contribution >= 4 is 15.7 Å². The van der Waals surface area contributed by atoms with Crippen LogP contribution in [0.4, 0.5) is 5.69 Å². The Hall–Kier alpha value is -2.05. The summed E-state index contributed by atoms with van der Waals surface area (Å²) in [5.41, 5.74) is 7.86. The number of nitrogens with two attached hydrogens (primary N) is 1. The van der Waals surface area contributed by atoms with Crippen molar-refractivity contribution in [3.05, 3.63) is 53.6 Å². The molecule has 0 aromatic heterocycles. The van der Waals surface area contributed by atoms with Crippen LogP contribution < -0.4 is 15.2 Å². The third-order valence-corrected chi connectivity index (χ3v) is 4.52. The van der Waals surface area contributed by atoms with Gasteiger partial charge in [0.1, 0.15) is 5.75 Å². The molecule has 0 bridgehead atoms. The van der Waals surface area contributed by atoms with Gasteiger partial charge >= 0.3 is 0 Å². The first kappa shape index (κ1) is 15.3. The van der Waals surface area contributed by atoms with Gasteiger partial charge in [0.05, 0.1) is 12.0 Å². The Morgan fingerprint density at radius 1 is 1.14 bits per heavy atom. The van der Waals surface area contributed by atoms with Gasteiger partial charge in [0, 0.05) is 12.2 Å². The van der Waals surface area contributed by atoms with Gasteiger partial charge in [-0.3, -0.25) is 0 Å². The molecule has 0 amide bonds. The van der Waals surface area contributed by atoms with Crippen molar-refractivity contribution in [2.45, 2.75) is 18.4 Å². The normalized spacial score (nSPS) is 11.3. The molecule has 0 fully saturated rings. The molecule has 2 aromatic carbocycles. The molecule has 6 heteroatoms. The molecule has 0 spiro atoms. The maximum atomic E-state index is 12.2. The molecule has 112 valence electrons. The van der Waals surface area contributed by atoms with Crippen molar-refractivity contribution < 1.29 is 13.2 Å². The Labute approximate surface area is 124 Å². The van der Waals surface area contributed by atoms with E-state index in [2.05, 4.69) is 4.72 Å². The summed E-state index contributed by atoms with van der Waals surface area (Å²) in [6, 6.07) is 11.8. The van der Waals surface area contributed by atoms with Crippen LogP contribution in [-0.2, 0) is 16.6 Å². The van der Waals surface area contributed by atoms with Gasteiger partial charge in [-0.05, 0) is 48.4 Å². The predicted molar refractivity (Wildman–Crippen MR) is 82.6 cm³/mol. The number of anilines is 1. The van der Waals surface area contributed by atoms with E-state index in [-0.39, 0.29) is 11.4 Å². The Bertz CT molecular complexity index is 725. The summed E-state index contributed by atoms with van der Waals surface area (Å²) < 4.78 is 32.2. The number of rotatable bonds is 5. The number of nitrogens with one attached hydrogen (secondary N) is 1. The monoisotopic (exact) mass is 306 g/mol. The second-order valence-corrected chi connectivity index (χ2v) is 6.46. The molecule has 0 aliphatic carbocycles. The molecule has 21 heavy (non-hydrogen) atoms. The van der Waals surface area contributed by atoms with E-state index >= 15 is 0 Å². The van der Waals surface area contributed by atoms with Crippen LogP contribution in [0.15, 0.2) is 47.4 Å². The molecule has 0 unspecified atom stereocenters. The maximum absolute atomic E-state index is 12.2. The first-order valence-corrected chi connectivity index (χ1v) is 7.89. The molecule has 0 atom stereocenters. The van der Waals surface area contributed by atoms with Crippen LogP contribution in [0.25, 0.3) is 0 Å². The van der Waals surface area contributed by atoms with Crippen molar-refractivity contribution in [2.24, 2.45) is 0 Å². The number of hydrogen-bond donors (Lipinski definition) is 2. The minimum Gasteiger partial charge on any atom is -0.496 e. The zero-order valence-corrected chi connectivity index (χ0v) is 12.8. The first-order valence-electron chi connectivity index (χ1n) is 6.41. The number of benzene rings is 2. The lowest BCUT2D eigenvalue weighted by Gasteiger charge is -2.10. The largest absolute Gasteiger partial charge is 0.496 e. The van der Waals surface area contributed by atoms with E-state index in [9.17, 15) is 8.42 Å². The molecule has 2 rings (SSSR count). The Kier molecular flexibility index (Phi) is 4.50. The van der Waals surface area contributed by atoms with E-state index in [4.69, 9.17) is 10.5 Å². The molecule has 0 saturated heterocycles. The zero-order chi connectivity index (χ0) is 15.5. The second kappa shape index (κ2) is 6.15. The Balaban J connectivity index is 2.14. The third kappa shape index (κ3) is 3.74. The number of hydrogen-bond acceptors (Lipinski definition) is 4. The standard InChI is InChI=1S/C15H18N2O3S/c1-11-9-14(7-8-15(11)20-2)21(18,19)17-10-12-3-5-13(16)6-4-12/h3-9,17H,10,16H2,1-2H3. The van der Waals surface area contributed by atoms with E-state index < -0.39 is 10.0 Å². The topological polar surface area (TPSA) is 81.4 Å². The fraction of sp³-hybridized carbons (Fsp3) is 0.200. The molecule has 2 aromatic rings. The van der Waals surface area contributed by atoms with Crippen LogP contribution in [0.2, 0.25) is 0 Å². The van der Waals surface area contributed by atoms with E-state index in [0.717, 1.165) is 11.1 Å². The van der Waals surface area contributed by atoms with Crippen molar-refractivity contribution in [1.82, 2.24) is 4.72 Å². The molecular weight excluding hydrogens is 288 g/mol. The molecular formula is C15H18N2O3S. The number of sulfonamides is 1. The number of nitrogen functional groups attached to an aromatic ring is 1. The van der Waals surface area contributed by atoms with Gasteiger partial charge in [-0.1, -0.05) is 12.1 Å². The van der Waals surface area contributed by atoms with Gasteiger partial charge < -0.3 is 10.5 Å². The molecule has 0 radical (unpaired) electrons. The average Bonchev–Trinajstić information content (AvgIpc) is 2.46. The van der Waals surface area contributed by atoms with Gasteiger partial charge in [0.2, 0.25) is 10.0 Å². The molecule has 0 saturated carbocycles. The summed E-state index contributed by atoms with van der Waals surface area (Å²) in [5, 5.41) is 0. The van der Waals surface area contributed by atoms with Crippen LogP contribution in [-0.4, -0.2) is 15.5 Å². The Morgan fingerprint density at radius 2 is 1.81 bits per heavy atom. The van der Waals surface area contributed by atoms with Gasteiger partial charge in [-0.25, -0.2) is 13.1 Å². The summed E-state index contributed by atoms with van der Waals surface area (Å²) in [6.45, 7) is 2.02. The van der Waals surface area contributed by atoms with Crippen molar-refractivity contribution in [3.8, 4) is 5.75 Å². The van der Waals surface area contributed by atoms with Crippen LogP contribution in [0.5, 0.6) is 5.75 Å². The van der Waals surface area contributed by atoms with Crippen LogP contribution >= 0.6 is 0 Å². The van der Waals surface area contributed by atoms with Crippen molar-refractivity contribution in [2.75, 3.05) is 12.8 Å². The molecule has 3 N–H and O–H groups in total. The summed E-state index contributed by atoms with van der Waals surface area (Å²) >= 11 is 0. The highest BCUT2D eigenvalue weighted by atomic mass is 32.2. The molecule has 0 heterocycles. The highest BCUT2D eigenvalue weighted by Crippen LogP contribution is 2.21. The lowest BCUT2D eigenvalue weighted by molar-refractivity contribution is 0.411. The van der Waals surface area contributed by atoms with Crippen LogP contribution in [0.3, 0.4) is 0 Å². The highest BCUT2D eigenvalue weighted by molar-refractivity contribution is 7.89. The van der Waals surface area contributed by atoms with Gasteiger partial charge in [0.25, 0.3) is 0 Å². The quantitative estimate of drug-likeness (QED) is 0.829. The minimum absolute atomic E-state index is 0.216. The number of aryl methyl sites for hydroxylation is 1. The number of methoxy groups -OCH3 is 1. The van der Waals surface area contributed by atoms with Gasteiger partial charge in [-0.15, -0.1) is 0 Å². The van der Waals surface area contributed by atoms with E-state index in [1.165, 1.54) is 6.07 Å². The fourth-order valence-corrected chi connectivity index (χ4v) is 3.02. The minimum atomic E-state index is -3.55. The Morgan fingerprint density at radius 3 is 2.38 bits per heavy atom. The average molecular weight is 306 g/mol. The fourth-order valence-electron chi connectivity index (χ4n) is 1.92. The smallest absolute Gasteiger partial charge is 0.240 e. The van der Waals surface area contributed by atoms with Crippen molar-refractivity contribution in [3.63, 3.8) is 0 Å². The predicted octanol–water partition coefficient (Wildman–Crippen LogP) is 2.06. The van der Waals surface area contributed by atoms with Crippen LogP contribution in [0.1, 0.15) is 11.1 Å². The van der Waals surface area contributed by atoms with E-state index in [0.29, 0.717) is 11.4 Å². The van der Waals surface area contributed by atoms with E-state index in [1.54, 1.807) is 50.4 Å². The summed E-state index contributed by atoms with van der Waals surface area (Å²) in [7, 11) is -2.00. The SMILES string of the molecule is COc1ccc(S(=O)(=O)NCc2ccc(N)cc2)cc1C. The second-order valence-electron chi connectivity index (χ2n) is 4.70. The van der Waals surface area contributed by atoms with Crippen molar-refractivity contribution in [1.29, 1.82) is 0 Å². The first-order chi connectivity index (χ1) is 9.92.